The summed E-state index contributed by atoms with van der Waals surface area (Å²) >= 11 is 4.34. The third-order valence-corrected chi connectivity index (χ3v) is 3.98. The summed E-state index contributed by atoms with van der Waals surface area (Å²) in [5, 5.41) is 13.7. The van der Waals surface area contributed by atoms with Crippen LogP contribution in [0.15, 0.2) is 39.4 Å². The van der Waals surface area contributed by atoms with Gasteiger partial charge in [-0.1, -0.05) is 11.3 Å². The lowest BCUT2D eigenvalue weighted by Crippen LogP contribution is -2.10. The number of anilines is 1. The van der Waals surface area contributed by atoms with Crippen LogP contribution < -0.4 is 5.32 Å². The van der Waals surface area contributed by atoms with Crippen LogP contribution in [0.5, 0.6) is 0 Å². The van der Waals surface area contributed by atoms with Crippen molar-refractivity contribution in [1.29, 1.82) is 0 Å². The molecular formula is C12H6BrN3O4S. The van der Waals surface area contributed by atoms with Crippen LogP contribution in [-0.2, 0) is 0 Å². The molecule has 0 radical (unpaired) electrons. The number of nitro groups is 1. The first-order valence-corrected chi connectivity index (χ1v) is 7.25. The van der Waals surface area contributed by atoms with E-state index in [1.54, 1.807) is 12.1 Å². The van der Waals surface area contributed by atoms with Crippen LogP contribution in [0.4, 0.5) is 10.8 Å². The third-order valence-electron chi connectivity index (χ3n) is 2.60. The second-order valence-corrected chi connectivity index (χ2v) is 5.80. The minimum absolute atomic E-state index is 0.0411. The molecule has 2 aromatic heterocycles. The summed E-state index contributed by atoms with van der Waals surface area (Å²) in [5.41, 5.74) is 0.422. The molecule has 1 amide bonds. The number of halogens is 1. The molecule has 7 nitrogen and oxygen atoms in total. The van der Waals surface area contributed by atoms with Crippen LogP contribution in [0.2, 0.25) is 0 Å². The second kappa shape index (κ2) is 5.26. The molecule has 2 heterocycles. The van der Waals surface area contributed by atoms with Gasteiger partial charge in [0.2, 0.25) is 0 Å². The van der Waals surface area contributed by atoms with Crippen molar-refractivity contribution in [2.45, 2.75) is 0 Å². The van der Waals surface area contributed by atoms with E-state index in [0.717, 1.165) is 4.70 Å². The van der Waals surface area contributed by atoms with Gasteiger partial charge in [-0.15, -0.1) is 0 Å². The summed E-state index contributed by atoms with van der Waals surface area (Å²) < 4.78 is 6.33. The Balaban J connectivity index is 1.87. The minimum Gasteiger partial charge on any atom is -0.444 e. The Morgan fingerprint density at radius 1 is 1.38 bits per heavy atom. The summed E-state index contributed by atoms with van der Waals surface area (Å²) in [7, 11) is 0. The van der Waals surface area contributed by atoms with Gasteiger partial charge in [-0.3, -0.25) is 20.2 Å². The molecule has 3 rings (SSSR count). The number of carbonyl (C=O) groups excluding carboxylic acids is 1. The van der Waals surface area contributed by atoms with Crippen molar-refractivity contribution >= 4 is 54.2 Å². The Labute approximate surface area is 129 Å². The summed E-state index contributed by atoms with van der Waals surface area (Å²) in [6.07, 6.45) is 0. The standard InChI is InChI=1S/C12H6BrN3O4S/c13-10-4-2-8(20-10)11(17)15-12-14-7-5-6(16(18)19)1-3-9(7)21-12/h1-5H,(H,14,15,17). The van der Waals surface area contributed by atoms with Crippen molar-refractivity contribution in [3.05, 3.63) is 50.9 Å². The van der Waals surface area contributed by atoms with Gasteiger partial charge in [-0.25, -0.2) is 4.98 Å². The molecule has 0 aliphatic carbocycles. The summed E-state index contributed by atoms with van der Waals surface area (Å²) in [5.74, 6) is -0.290. The molecule has 21 heavy (non-hydrogen) atoms. The van der Waals surface area contributed by atoms with Gasteiger partial charge in [0.1, 0.15) is 0 Å². The van der Waals surface area contributed by atoms with E-state index >= 15 is 0 Å². The van der Waals surface area contributed by atoms with E-state index in [1.807, 2.05) is 0 Å². The zero-order valence-electron chi connectivity index (χ0n) is 10.2. The van der Waals surface area contributed by atoms with Crippen LogP contribution >= 0.6 is 27.3 Å². The predicted molar refractivity (Wildman–Crippen MR) is 80.6 cm³/mol. The Kier molecular flexibility index (Phi) is 3.43. The van der Waals surface area contributed by atoms with E-state index in [4.69, 9.17) is 4.42 Å². The molecule has 0 aliphatic heterocycles. The van der Waals surface area contributed by atoms with Gasteiger partial charge in [-0.05, 0) is 34.1 Å². The number of rotatable bonds is 3. The number of aromatic nitrogens is 1. The fourth-order valence-electron chi connectivity index (χ4n) is 1.68. The molecule has 0 fully saturated rings. The molecule has 1 N–H and O–H groups in total. The largest absolute Gasteiger partial charge is 0.444 e. The molecule has 0 unspecified atom stereocenters. The Morgan fingerprint density at radius 2 is 2.19 bits per heavy atom. The molecule has 0 aliphatic rings. The average Bonchev–Trinajstić information content (AvgIpc) is 3.03. The fourth-order valence-corrected chi connectivity index (χ4v) is 2.83. The van der Waals surface area contributed by atoms with E-state index in [2.05, 4.69) is 26.2 Å². The normalized spacial score (nSPS) is 10.7. The first kappa shape index (κ1) is 13.7. The number of carbonyl (C=O) groups is 1. The number of fused-ring (bicyclic) bond motifs is 1. The molecule has 1 aromatic carbocycles. The zero-order chi connectivity index (χ0) is 15.0. The summed E-state index contributed by atoms with van der Waals surface area (Å²) in [6, 6.07) is 7.50. The number of hydrogen-bond donors (Lipinski definition) is 1. The minimum atomic E-state index is -0.489. The molecule has 9 heteroatoms. The van der Waals surface area contributed by atoms with Crippen molar-refractivity contribution in [3.8, 4) is 0 Å². The number of benzene rings is 1. The van der Waals surface area contributed by atoms with E-state index in [-0.39, 0.29) is 11.4 Å². The van der Waals surface area contributed by atoms with Crippen LogP contribution in [0.3, 0.4) is 0 Å². The molecule has 3 aromatic rings. The number of hydrogen-bond acceptors (Lipinski definition) is 6. The lowest BCUT2D eigenvalue weighted by atomic mass is 10.3. The molecule has 0 saturated carbocycles. The predicted octanol–water partition coefficient (Wildman–Crippen LogP) is 3.81. The van der Waals surface area contributed by atoms with Crippen LogP contribution in [0.25, 0.3) is 10.2 Å². The molecule has 106 valence electrons. The highest BCUT2D eigenvalue weighted by molar-refractivity contribution is 9.10. The SMILES string of the molecule is O=C(Nc1nc2cc([N+](=O)[O-])ccc2s1)c1ccc(Br)o1. The van der Waals surface area contributed by atoms with Crippen molar-refractivity contribution in [2.75, 3.05) is 5.32 Å². The number of thiazole rings is 1. The smallest absolute Gasteiger partial charge is 0.293 e. The number of nitrogens with one attached hydrogen (secondary N) is 1. The van der Waals surface area contributed by atoms with Gasteiger partial charge in [-0.2, -0.15) is 0 Å². The molecule has 0 saturated heterocycles. The van der Waals surface area contributed by atoms with Gasteiger partial charge in [0.05, 0.1) is 15.1 Å². The van der Waals surface area contributed by atoms with E-state index in [9.17, 15) is 14.9 Å². The van der Waals surface area contributed by atoms with E-state index in [1.165, 1.54) is 29.5 Å². The highest BCUT2D eigenvalue weighted by Crippen LogP contribution is 2.29. The van der Waals surface area contributed by atoms with Crippen LogP contribution in [-0.4, -0.2) is 15.8 Å². The average molecular weight is 368 g/mol. The lowest BCUT2D eigenvalue weighted by molar-refractivity contribution is -0.384. The fraction of sp³-hybridized carbons (Fsp3) is 0. The van der Waals surface area contributed by atoms with Crippen LogP contribution in [0, 0.1) is 10.1 Å². The summed E-state index contributed by atoms with van der Waals surface area (Å²) in [4.78, 5) is 26.3. The van der Waals surface area contributed by atoms with Crippen molar-refractivity contribution in [2.24, 2.45) is 0 Å². The molecule has 0 atom stereocenters. The quantitative estimate of drug-likeness (QED) is 0.560. The van der Waals surface area contributed by atoms with Crippen molar-refractivity contribution in [1.82, 2.24) is 4.98 Å². The van der Waals surface area contributed by atoms with Crippen LogP contribution in [0.1, 0.15) is 10.6 Å². The lowest BCUT2D eigenvalue weighted by Gasteiger charge is -1.96. The van der Waals surface area contributed by atoms with Gasteiger partial charge >= 0.3 is 0 Å². The number of amides is 1. The number of nitro benzene ring substituents is 1. The maximum Gasteiger partial charge on any atom is 0.293 e. The second-order valence-electron chi connectivity index (χ2n) is 3.99. The maximum atomic E-state index is 11.9. The van der Waals surface area contributed by atoms with E-state index < -0.39 is 10.8 Å². The van der Waals surface area contributed by atoms with Gasteiger partial charge < -0.3 is 4.42 Å². The number of non-ortho nitro benzene ring substituents is 1. The highest BCUT2D eigenvalue weighted by atomic mass is 79.9. The van der Waals surface area contributed by atoms with Gasteiger partial charge in [0, 0.05) is 12.1 Å². The van der Waals surface area contributed by atoms with Gasteiger partial charge in [0.15, 0.2) is 15.6 Å². The first-order chi connectivity index (χ1) is 10.0. The topological polar surface area (TPSA) is 98.3 Å². The molecule has 0 spiro atoms. The zero-order valence-corrected chi connectivity index (χ0v) is 12.6. The summed E-state index contributed by atoms with van der Waals surface area (Å²) in [6.45, 7) is 0. The third kappa shape index (κ3) is 2.78. The monoisotopic (exact) mass is 367 g/mol. The van der Waals surface area contributed by atoms with Crippen molar-refractivity contribution < 1.29 is 14.1 Å². The van der Waals surface area contributed by atoms with E-state index in [0.29, 0.717) is 15.3 Å². The highest BCUT2D eigenvalue weighted by Gasteiger charge is 2.15. The Hall–Kier alpha value is -2.26. The maximum absolute atomic E-state index is 11.9. The number of furan rings is 1. The number of nitrogens with zero attached hydrogens (tertiary/aromatic N) is 2. The van der Waals surface area contributed by atoms with Crippen molar-refractivity contribution in [3.63, 3.8) is 0 Å². The Bertz CT molecular complexity index is 857. The van der Waals surface area contributed by atoms with Gasteiger partial charge in [0.25, 0.3) is 11.6 Å². The molecular weight excluding hydrogens is 362 g/mol. The first-order valence-electron chi connectivity index (χ1n) is 5.64. The Morgan fingerprint density at radius 3 is 2.86 bits per heavy atom. The molecule has 0 bridgehead atoms.